The Morgan fingerprint density at radius 3 is 1.40 bits per heavy atom. The zero-order valence-corrected chi connectivity index (χ0v) is 20.8. The molecule has 0 aromatic heterocycles. The summed E-state index contributed by atoms with van der Waals surface area (Å²) in [5.74, 6) is 1.32. The topological polar surface area (TPSA) is 47.9 Å². The number of aliphatic hydroxyl groups excluding tert-OH is 1. The highest BCUT2D eigenvalue weighted by molar-refractivity contribution is 4.85. The van der Waals surface area contributed by atoms with Gasteiger partial charge in [0.15, 0.2) is 0 Å². The van der Waals surface area contributed by atoms with Crippen LogP contribution in [0.25, 0.3) is 0 Å². The van der Waals surface area contributed by atoms with Gasteiger partial charge in [-0.15, -0.1) is 0 Å². The fraction of sp³-hybridized carbons (Fsp3) is 1.00. The van der Waals surface area contributed by atoms with Crippen molar-refractivity contribution in [3.63, 3.8) is 0 Å². The summed E-state index contributed by atoms with van der Waals surface area (Å²) in [5.41, 5.74) is 0.0238. The molecule has 3 saturated carbocycles. The van der Waals surface area contributed by atoms with E-state index < -0.39 is 0 Å². The first-order chi connectivity index (χ1) is 14.2. The minimum absolute atomic E-state index is 0.0137. The maximum Gasteiger partial charge on any atom is 0.0650 e. The highest BCUT2D eigenvalue weighted by Gasteiger charge is 2.34. The number of hydrogen-bond donors (Lipinski definition) is 1. The van der Waals surface area contributed by atoms with E-state index in [1.807, 2.05) is 7.11 Å². The smallest absolute Gasteiger partial charge is 0.0650 e. The Hall–Kier alpha value is -0.160. The highest BCUT2D eigenvalue weighted by atomic mass is 16.5. The summed E-state index contributed by atoms with van der Waals surface area (Å²) in [5, 5.41) is 9.32. The van der Waals surface area contributed by atoms with Crippen LogP contribution >= 0.6 is 0 Å². The molecule has 3 aliphatic carbocycles. The Bertz CT molecular complexity index is 454. The molecule has 0 spiro atoms. The minimum Gasteiger partial charge on any atom is -0.393 e. The van der Waals surface area contributed by atoms with Crippen LogP contribution in [-0.4, -0.2) is 48.8 Å². The van der Waals surface area contributed by atoms with E-state index in [1.165, 1.54) is 57.8 Å². The molecule has 0 aromatic rings. The van der Waals surface area contributed by atoms with E-state index in [4.69, 9.17) is 14.2 Å². The first-order valence-corrected chi connectivity index (χ1v) is 12.6. The summed E-state index contributed by atoms with van der Waals surface area (Å²) < 4.78 is 17.3. The second kappa shape index (κ2) is 12.2. The van der Waals surface area contributed by atoms with Crippen LogP contribution in [0.2, 0.25) is 0 Å². The van der Waals surface area contributed by atoms with Gasteiger partial charge in [-0.25, -0.2) is 0 Å². The third-order valence-corrected chi connectivity index (χ3v) is 8.33. The lowest BCUT2D eigenvalue weighted by molar-refractivity contribution is -0.0844. The quantitative estimate of drug-likeness (QED) is 0.543. The predicted molar refractivity (Wildman–Crippen MR) is 124 cm³/mol. The zero-order chi connectivity index (χ0) is 22.2. The van der Waals surface area contributed by atoms with E-state index in [0.717, 1.165) is 25.7 Å². The van der Waals surface area contributed by atoms with Gasteiger partial charge in [-0.2, -0.15) is 0 Å². The molecule has 0 aromatic carbocycles. The molecule has 0 unspecified atom stereocenters. The van der Waals surface area contributed by atoms with Gasteiger partial charge in [-0.1, -0.05) is 19.3 Å². The molecule has 0 aliphatic heterocycles. The van der Waals surface area contributed by atoms with Gasteiger partial charge in [0.05, 0.1) is 29.5 Å². The van der Waals surface area contributed by atoms with E-state index in [1.54, 1.807) is 7.11 Å². The molecule has 3 fully saturated rings. The number of ether oxygens (including phenoxy) is 3. The van der Waals surface area contributed by atoms with Crippen LogP contribution in [0.4, 0.5) is 0 Å². The SMILES string of the molecule is COC(C)(C)C1CCC(O)CC1.COC(C)(C)C1CCC(OC2CCCCC2)CC1. The lowest BCUT2D eigenvalue weighted by atomic mass is 9.77. The average molecular weight is 427 g/mol. The second-order valence-electron chi connectivity index (χ2n) is 11.0. The largest absolute Gasteiger partial charge is 0.393 e. The monoisotopic (exact) mass is 426 g/mol. The van der Waals surface area contributed by atoms with Crippen LogP contribution < -0.4 is 0 Å². The van der Waals surface area contributed by atoms with Gasteiger partial charge in [0.25, 0.3) is 0 Å². The summed E-state index contributed by atoms with van der Waals surface area (Å²) in [4.78, 5) is 0. The molecular formula is C26H50O4. The molecule has 0 atom stereocenters. The average Bonchev–Trinajstić information content (AvgIpc) is 2.76. The van der Waals surface area contributed by atoms with E-state index in [-0.39, 0.29) is 17.3 Å². The van der Waals surface area contributed by atoms with Crippen LogP contribution in [-0.2, 0) is 14.2 Å². The molecule has 0 saturated heterocycles. The summed E-state index contributed by atoms with van der Waals surface area (Å²) >= 11 is 0. The van der Waals surface area contributed by atoms with E-state index in [9.17, 15) is 5.11 Å². The Kier molecular flexibility index (Phi) is 10.6. The number of aliphatic hydroxyl groups is 1. The molecule has 30 heavy (non-hydrogen) atoms. The normalized spacial score (nSPS) is 31.7. The molecule has 0 heterocycles. The first kappa shape index (κ1) is 26.1. The van der Waals surface area contributed by atoms with Gasteiger partial charge >= 0.3 is 0 Å². The van der Waals surface area contributed by atoms with Gasteiger partial charge in [0.2, 0.25) is 0 Å². The van der Waals surface area contributed by atoms with Crippen molar-refractivity contribution >= 4 is 0 Å². The molecule has 0 amide bonds. The number of hydrogen-bond acceptors (Lipinski definition) is 4. The van der Waals surface area contributed by atoms with Crippen LogP contribution in [0.5, 0.6) is 0 Å². The molecule has 1 N–H and O–H groups in total. The molecule has 3 rings (SSSR count). The van der Waals surface area contributed by atoms with Gasteiger partial charge < -0.3 is 19.3 Å². The first-order valence-electron chi connectivity index (χ1n) is 12.6. The lowest BCUT2D eigenvalue weighted by Gasteiger charge is -2.39. The summed E-state index contributed by atoms with van der Waals surface area (Å²) in [6.07, 6.45) is 16.8. The van der Waals surface area contributed by atoms with Crippen molar-refractivity contribution in [1.29, 1.82) is 0 Å². The summed E-state index contributed by atoms with van der Waals surface area (Å²) in [6, 6.07) is 0. The van der Waals surface area contributed by atoms with Gasteiger partial charge in [-0.05, 0) is 104 Å². The van der Waals surface area contributed by atoms with E-state index in [2.05, 4.69) is 27.7 Å². The molecule has 4 nitrogen and oxygen atoms in total. The van der Waals surface area contributed by atoms with Crippen LogP contribution in [0.1, 0.15) is 111 Å². The number of methoxy groups -OCH3 is 2. The van der Waals surface area contributed by atoms with Crippen molar-refractivity contribution in [2.24, 2.45) is 11.8 Å². The third-order valence-electron chi connectivity index (χ3n) is 8.33. The van der Waals surface area contributed by atoms with Gasteiger partial charge in [0, 0.05) is 14.2 Å². The third kappa shape index (κ3) is 8.07. The minimum atomic E-state index is -0.0612. The van der Waals surface area contributed by atoms with Crippen molar-refractivity contribution < 1.29 is 19.3 Å². The Balaban J connectivity index is 0.000000232. The fourth-order valence-corrected chi connectivity index (χ4v) is 5.47. The van der Waals surface area contributed by atoms with Crippen molar-refractivity contribution in [3.8, 4) is 0 Å². The maximum absolute atomic E-state index is 9.32. The van der Waals surface area contributed by atoms with E-state index in [0.29, 0.717) is 24.0 Å². The predicted octanol–water partition coefficient (Wildman–Crippen LogP) is 6.28. The molecule has 4 heteroatoms. The summed E-state index contributed by atoms with van der Waals surface area (Å²) in [6.45, 7) is 8.71. The van der Waals surface area contributed by atoms with Crippen LogP contribution in [0.3, 0.4) is 0 Å². The standard InChI is InChI=1S/C16H30O2.C10H20O2/c1-16(2,17-3)13-9-11-15(12-10-13)18-14-7-5-4-6-8-14;1-10(2,12-3)8-4-6-9(11)7-5-8/h13-15H,4-12H2,1-3H3;8-9,11H,4-7H2,1-3H3. The second-order valence-corrected chi connectivity index (χ2v) is 11.0. The molecular weight excluding hydrogens is 376 g/mol. The van der Waals surface area contributed by atoms with Gasteiger partial charge in [0.1, 0.15) is 0 Å². The molecule has 0 radical (unpaired) electrons. The van der Waals surface area contributed by atoms with Crippen molar-refractivity contribution in [2.75, 3.05) is 14.2 Å². The van der Waals surface area contributed by atoms with Crippen molar-refractivity contribution in [1.82, 2.24) is 0 Å². The molecule has 3 aliphatic rings. The Morgan fingerprint density at radius 2 is 0.967 bits per heavy atom. The van der Waals surface area contributed by atoms with Crippen molar-refractivity contribution in [3.05, 3.63) is 0 Å². The van der Waals surface area contributed by atoms with Crippen molar-refractivity contribution in [2.45, 2.75) is 141 Å². The fourth-order valence-electron chi connectivity index (χ4n) is 5.47. The van der Waals surface area contributed by atoms with E-state index >= 15 is 0 Å². The van der Waals surface area contributed by atoms with Crippen LogP contribution in [0.15, 0.2) is 0 Å². The highest BCUT2D eigenvalue weighted by Crippen LogP contribution is 2.37. The lowest BCUT2D eigenvalue weighted by Crippen LogP contribution is -2.38. The molecule has 0 bridgehead atoms. The number of rotatable bonds is 6. The Morgan fingerprint density at radius 1 is 0.567 bits per heavy atom. The van der Waals surface area contributed by atoms with Crippen LogP contribution in [0, 0.1) is 11.8 Å². The Labute approximate surface area is 186 Å². The van der Waals surface area contributed by atoms with Gasteiger partial charge in [-0.3, -0.25) is 0 Å². The summed E-state index contributed by atoms with van der Waals surface area (Å²) in [7, 11) is 3.61. The zero-order valence-electron chi connectivity index (χ0n) is 20.8. The molecule has 178 valence electrons. The maximum atomic E-state index is 9.32.